The molecule has 1 N–H and O–H groups in total. The summed E-state index contributed by atoms with van der Waals surface area (Å²) < 4.78 is 0. The van der Waals surface area contributed by atoms with Crippen LogP contribution in [0.15, 0.2) is 30.3 Å². The fourth-order valence-electron chi connectivity index (χ4n) is 3.44. The molecule has 2 unspecified atom stereocenters. The number of benzene rings is 1. The highest BCUT2D eigenvalue weighted by atomic mass is 16.4. The Bertz CT molecular complexity index is 444. The van der Waals surface area contributed by atoms with E-state index in [2.05, 4.69) is 43.0 Å². The van der Waals surface area contributed by atoms with Crippen LogP contribution in [0.25, 0.3) is 0 Å². The van der Waals surface area contributed by atoms with Gasteiger partial charge >= 0.3 is 5.97 Å². The van der Waals surface area contributed by atoms with Gasteiger partial charge in [0.15, 0.2) is 0 Å². The van der Waals surface area contributed by atoms with E-state index >= 15 is 0 Å². The summed E-state index contributed by atoms with van der Waals surface area (Å²) in [6, 6.07) is 11.1. The normalized spacial score (nSPS) is 21.4. The summed E-state index contributed by atoms with van der Waals surface area (Å²) in [7, 11) is 0. The quantitative estimate of drug-likeness (QED) is 0.857. The third-order valence-electron chi connectivity index (χ3n) is 4.36. The van der Waals surface area contributed by atoms with E-state index in [1.807, 2.05) is 6.07 Å². The fraction of sp³-hybridized carbons (Fsp3) is 0.611. The number of nitrogens with zero attached hydrogens (tertiary/aromatic N) is 1. The predicted octanol–water partition coefficient (Wildman–Crippen LogP) is 4.10. The average Bonchev–Trinajstić information content (AvgIpc) is 2.46. The second-order valence-electron chi connectivity index (χ2n) is 6.54. The van der Waals surface area contributed by atoms with E-state index in [9.17, 15) is 9.90 Å². The number of piperidine rings is 1. The highest BCUT2D eigenvalue weighted by Crippen LogP contribution is 2.34. The third-order valence-corrected chi connectivity index (χ3v) is 4.36. The van der Waals surface area contributed by atoms with Gasteiger partial charge in [-0.3, -0.25) is 9.69 Å². The lowest BCUT2D eigenvalue weighted by Crippen LogP contribution is -2.43. The minimum Gasteiger partial charge on any atom is -0.481 e. The van der Waals surface area contributed by atoms with E-state index in [1.165, 1.54) is 12.0 Å². The molecular formula is C18H27NO2. The number of hydrogen-bond acceptors (Lipinski definition) is 2. The number of likely N-dealkylation sites (tertiary alicyclic amines) is 1. The van der Waals surface area contributed by atoms with Crippen molar-refractivity contribution in [1.29, 1.82) is 0 Å². The fourth-order valence-corrected chi connectivity index (χ4v) is 3.44. The maximum Gasteiger partial charge on any atom is 0.304 e. The lowest BCUT2D eigenvalue weighted by atomic mass is 9.90. The second kappa shape index (κ2) is 7.60. The molecule has 3 heteroatoms. The van der Waals surface area contributed by atoms with E-state index in [0.717, 1.165) is 25.8 Å². The van der Waals surface area contributed by atoms with Gasteiger partial charge in [0.1, 0.15) is 0 Å². The van der Waals surface area contributed by atoms with Crippen LogP contribution < -0.4 is 0 Å². The number of rotatable bonds is 6. The molecule has 1 aliphatic rings. The van der Waals surface area contributed by atoms with Crippen LogP contribution in [0.3, 0.4) is 0 Å². The Morgan fingerprint density at radius 1 is 1.29 bits per heavy atom. The highest BCUT2D eigenvalue weighted by molar-refractivity contribution is 5.67. The van der Waals surface area contributed by atoms with E-state index in [1.54, 1.807) is 0 Å². The molecule has 0 spiro atoms. The summed E-state index contributed by atoms with van der Waals surface area (Å²) in [4.78, 5) is 13.6. The SMILES string of the molecule is CC(C)CC(c1ccccc1)N1CCCCC1CC(=O)O. The van der Waals surface area contributed by atoms with Crippen molar-refractivity contribution < 1.29 is 9.90 Å². The Morgan fingerprint density at radius 2 is 2.00 bits per heavy atom. The van der Waals surface area contributed by atoms with Crippen LogP contribution in [0.2, 0.25) is 0 Å². The first-order valence-corrected chi connectivity index (χ1v) is 8.10. The molecule has 3 nitrogen and oxygen atoms in total. The van der Waals surface area contributed by atoms with Crippen molar-refractivity contribution in [3.8, 4) is 0 Å². The lowest BCUT2D eigenvalue weighted by molar-refractivity contribution is -0.139. The van der Waals surface area contributed by atoms with Gasteiger partial charge < -0.3 is 5.11 Å². The summed E-state index contributed by atoms with van der Waals surface area (Å²) in [5.74, 6) is -0.0779. The molecule has 1 aliphatic heterocycles. The summed E-state index contributed by atoms with van der Waals surface area (Å²) in [5.41, 5.74) is 1.32. The number of carboxylic acids is 1. The molecular weight excluding hydrogens is 262 g/mol. The Labute approximate surface area is 128 Å². The Hall–Kier alpha value is -1.35. The van der Waals surface area contributed by atoms with E-state index in [0.29, 0.717) is 12.0 Å². The number of hydrogen-bond donors (Lipinski definition) is 1. The van der Waals surface area contributed by atoms with Crippen molar-refractivity contribution in [2.45, 2.75) is 58.0 Å². The van der Waals surface area contributed by atoms with Crippen molar-refractivity contribution in [2.75, 3.05) is 6.54 Å². The van der Waals surface area contributed by atoms with Crippen LogP contribution in [0.5, 0.6) is 0 Å². The largest absolute Gasteiger partial charge is 0.481 e. The minimum absolute atomic E-state index is 0.181. The molecule has 2 atom stereocenters. The van der Waals surface area contributed by atoms with Gasteiger partial charge in [-0.05, 0) is 37.3 Å². The zero-order chi connectivity index (χ0) is 15.2. The molecule has 2 rings (SSSR count). The molecule has 1 saturated heterocycles. The Morgan fingerprint density at radius 3 is 2.62 bits per heavy atom. The average molecular weight is 289 g/mol. The van der Waals surface area contributed by atoms with E-state index in [4.69, 9.17) is 0 Å². The topological polar surface area (TPSA) is 40.5 Å². The smallest absolute Gasteiger partial charge is 0.304 e. The molecule has 1 aromatic rings. The van der Waals surface area contributed by atoms with Gasteiger partial charge in [-0.25, -0.2) is 0 Å². The van der Waals surface area contributed by atoms with Crippen molar-refractivity contribution in [1.82, 2.24) is 4.90 Å². The van der Waals surface area contributed by atoms with E-state index < -0.39 is 5.97 Å². The Balaban J connectivity index is 2.22. The van der Waals surface area contributed by atoms with Crippen LogP contribution in [-0.4, -0.2) is 28.6 Å². The first-order valence-electron chi connectivity index (χ1n) is 8.10. The van der Waals surface area contributed by atoms with Gasteiger partial charge in [-0.2, -0.15) is 0 Å². The minimum atomic E-state index is -0.678. The first-order chi connectivity index (χ1) is 10.1. The van der Waals surface area contributed by atoms with Gasteiger partial charge in [0.2, 0.25) is 0 Å². The molecule has 21 heavy (non-hydrogen) atoms. The third kappa shape index (κ3) is 4.57. The van der Waals surface area contributed by atoms with Crippen LogP contribution in [0.1, 0.15) is 57.6 Å². The summed E-state index contributed by atoms with van der Waals surface area (Å²) in [6.45, 7) is 5.50. The van der Waals surface area contributed by atoms with Crippen LogP contribution in [0.4, 0.5) is 0 Å². The van der Waals surface area contributed by atoms with Crippen molar-refractivity contribution >= 4 is 5.97 Å². The second-order valence-corrected chi connectivity index (χ2v) is 6.54. The Kier molecular flexibility index (Phi) is 5.80. The zero-order valence-corrected chi connectivity index (χ0v) is 13.2. The van der Waals surface area contributed by atoms with Crippen molar-refractivity contribution in [3.63, 3.8) is 0 Å². The maximum atomic E-state index is 11.2. The van der Waals surface area contributed by atoms with Gasteiger partial charge in [0.05, 0.1) is 6.42 Å². The molecule has 1 heterocycles. The molecule has 1 aromatic carbocycles. The molecule has 0 saturated carbocycles. The van der Waals surface area contributed by atoms with Crippen molar-refractivity contribution in [3.05, 3.63) is 35.9 Å². The number of carbonyl (C=O) groups is 1. The predicted molar refractivity (Wildman–Crippen MR) is 85.2 cm³/mol. The molecule has 0 aliphatic carbocycles. The van der Waals surface area contributed by atoms with Crippen LogP contribution in [-0.2, 0) is 4.79 Å². The summed E-state index contributed by atoms with van der Waals surface area (Å²) >= 11 is 0. The summed E-state index contributed by atoms with van der Waals surface area (Å²) in [6.07, 6.45) is 4.68. The molecule has 0 bridgehead atoms. The number of aliphatic carboxylic acids is 1. The summed E-state index contributed by atoms with van der Waals surface area (Å²) in [5, 5.41) is 9.19. The lowest BCUT2D eigenvalue weighted by Gasteiger charge is -2.41. The van der Waals surface area contributed by atoms with E-state index in [-0.39, 0.29) is 12.5 Å². The molecule has 0 amide bonds. The molecule has 116 valence electrons. The van der Waals surface area contributed by atoms with Crippen LogP contribution >= 0.6 is 0 Å². The van der Waals surface area contributed by atoms with Gasteiger partial charge in [0, 0.05) is 12.1 Å². The van der Waals surface area contributed by atoms with Crippen molar-refractivity contribution in [2.24, 2.45) is 5.92 Å². The zero-order valence-electron chi connectivity index (χ0n) is 13.2. The monoisotopic (exact) mass is 289 g/mol. The highest BCUT2D eigenvalue weighted by Gasteiger charge is 2.31. The van der Waals surface area contributed by atoms with Gasteiger partial charge in [-0.1, -0.05) is 50.6 Å². The maximum absolute atomic E-state index is 11.2. The molecule has 1 fully saturated rings. The van der Waals surface area contributed by atoms with Crippen LogP contribution in [0, 0.1) is 5.92 Å². The van der Waals surface area contributed by atoms with Gasteiger partial charge in [0.25, 0.3) is 0 Å². The van der Waals surface area contributed by atoms with Gasteiger partial charge in [-0.15, -0.1) is 0 Å². The first kappa shape index (κ1) is 16.0. The molecule has 0 radical (unpaired) electrons. The number of carboxylic acid groups (broad SMARTS) is 1. The standard InChI is InChI=1S/C18H27NO2/c1-14(2)12-17(15-8-4-3-5-9-15)19-11-7-6-10-16(19)13-18(20)21/h3-5,8-9,14,16-17H,6-7,10-13H2,1-2H3,(H,20,21). The molecule has 0 aromatic heterocycles.